The van der Waals surface area contributed by atoms with Gasteiger partial charge in [0.1, 0.15) is 12.4 Å². The number of likely N-dealkylation sites (N-methyl/N-ethyl adjacent to an activating group) is 1. The van der Waals surface area contributed by atoms with Gasteiger partial charge in [-0.1, -0.05) is 37.0 Å². The molecule has 0 bridgehead atoms. The predicted octanol–water partition coefficient (Wildman–Crippen LogP) is 4.08. The summed E-state index contributed by atoms with van der Waals surface area (Å²) in [5.41, 5.74) is 0.875. The van der Waals surface area contributed by atoms with Crippen molar-refractivity contribution in [3.8, 4) is 5.75 Å². The standard InChI is InChI=1S/C21H25Cl2N3O3/c1-3-26(4-2)11-12-29-17-8-6-16(7-9-17)25-20(27)14-24-21(28)18-10-5-15(22)13-19(18)23/h5-10,13H,3-4,11-12,14H2,1-2H3,(H,24,28)(H,25,27). The van der Waals surface area contributed by atoms with E-state index in [9.17, 15) is 9.59 Å². The minimum atomic E-state index is -0.446. The Morgan fingerprint density at radius 1 is 1.03 bits per heavy atom. The second-order valence-electron chi connectivity index (χ2n) is 6.25. The maximum absolute atomic E-state index is 12.1. The van der Waals surface area contributed by atoms with Gasteiger partial charge in [-0.05, 0) is 55.6 Å². The van der Waals surface area contributed by atoms with Crippen molar-refractivity contribution in [3.05, 3.63) is 58.1 Å². The number of amides is 2. The normalized spacial score (nSPS) is 10.7. The molecule has 0 radical (unpaired) electrons. The van der Waals surface area contributed by atoms with E-state index in [1.807, 2.05) is 0 Å². The van der Waals surface area contributed by atoms with E-state index in [2.05, 4.69) is 29.4 Å². The zero-order chi connectivity index (χ0) is 21.2. The molecule has 0 spiro atoms. The molecular formula is C21H25Cl2N3O3. The maximum Gasteiger partial charge on any atom is 0.253 e. The second-order valence-corrected chi connectivity index (χ2v) is 7.10. The van der Waals surface area contributed by atoms with Crippen LogP contribution in [0.1, 0.15) is 24.2 Å². The van der Waals surface area contributed by atoms with Crippen molar-refractivity contribution in [2.45, 2.75) is 13.8 Å². The van der Waals surface area contributed by atoms with E-state index in [1.165, 1.54) is 12.1 Å². The highest BCUT2D eigenvalue weighted by Gasteiger charge is 2.12. The maximum atomic E-state index is 12.1. The van der Waals surface area contributed by atoms with Crippen molar-refractivity contribution >= 4 is 40.7 Å². The van der Waals surface area contributed by atoms with Crippen LogP contribution in [0, 0.1) is 0 Å². The fraction of sp³-hybridized carbons (Fsp3) is 0.333. The molecule has 2 aromatic rings. The highest BCUT2D eigenvalue weighted by Crippen LogP contribution is 2.20. The Bertz CT molecular complexity index is 824. The van der Waals surface area contributed by atoms with Crippen LogP contribution in [0.2, 0.25) is 10.0 Å². The van der Waals surface area contributed by atoms with Crippen molar-refractivity contribution < 1.29 is 14.3 Å². The average Bonchev–Trinajstić information content (AvgIpc) is 2.70. The van der Waals surface area contributed by atoms with Crippen LogP contribution in [0.4, 0.5) is 5.69 Å². The lowest BCUT2D eigenvalue weighted by Crippen LogP contribution is -2.33. The third-order valence-electron chi connectivity index (χ3n) is 4.29. The van der Waals surface area contributed by atoms with Gasteiger partial charge >= 0.3 is 0 Å². The van der Waals surface area contributed by atoms with Crippen LogP contribution in [-0.4, -0.2) is 49.5 Å². The van der Waals surface area contributed by atoms with Crippen molar-refractivity contribution in [2.75, 3.05) is 38.1 Å². The third kappa shape index (κ3) is 7.57. The molecule has 6 nitrogen and oxygen atoms in total. The number of nitrogens with zero attached hydrogens (tertiary/aromatic N) is 1. The molecule has 0 saturated carbocycles. The van der Waals surface area contributed by atoms with Gasteiger partial charge in [-0.2, -0.15) is 0 Å². The van der Waals surface area contributed by atoms with Crippen molar-refractivity contribution in [3.63, 3.8) is 0 Å². The van der Waals surface area contributed by atoms with Gasteiger partial charge in [0.2, 0.25) is 5.91 Å². The monoisotopic (exact) mass is 437 g/mol. The lowest BCUT2D eigenvalue weighted by atomic mass is 10.2. The number of rotatable bonds is 10. The number of anilines is 1. The number of nitrogens with one attached hydrogen (secondary N) is 2. The first kappa shape index (κ1) is 23.0. The molecule has 0 heterocycles. The van der Waals surface area contributed by atoms with Gasteiger partial charge in [-0.25, -0.2) is 0 Å². The van der Waals surface area contributed by atoms with Gasteiger partial charge in [0, 0.05) is 17.3 Å². The highest BCUT2D eigenvalue weighted by molar-refractivity contribution is 6.36. The topological polar surface area (TPSA) is 70.7 Å². The van der Waals surface area contributed by atoms with Gasteiger partial charge in [0.25, 0.3) is 5.91 Å². The summed E-state index contributed by atoms with van der Waals surface area (Å²) < 4.78 is 5.71. The zero-order valence-corrected chi connectivity index (χ0v) is 18.0. The number of hydrogen-bond donors (Lipinski definition) is 2. The van der Waals surface area contributed by atoms with Crippen LogP contribution in [-0.2, 0) is 4.79 Å². The molecule has 156 valence electrons. The molecule has 0 fully saturated rings. The van der Waals surface area contributed by atoms with Crippen LogP contribution >= 0.6 is 23.2 Å². The molecule has 2 rings (SSSR count). The van der Waals surface area contributed by atoms with Crippen molar-refractivity contribution in [2.24, 2.45) is 0 Å². The van der Waals surface area contributed by atoms with E-state index in [1.54, 1.807) is 30.3 Å². The Balaban J connectivity index is 1.78. The van der Waals surface area contributed by atoms with Gasteiger partial charge in [-0.15, -0.1) is 0 Å². The molecule has 2 aromatic carbocycles. The number of benzene rings is 2. The Kier molecular flexibility index (Phi) is 9.25. The Labute approximate surface area is 181 Å². The van der Waals surface area contributed by atoms with E-state index in [0.29, 0.717) is 17.3 Å². The Hall–Kier alpha value is -2.28. The minimum Gasteiger partial charge on any atom is -0.492 e. The smallest absolute Gasteiger partial charge is 0.253 e. The molecule has 8 heteroatoms. The first-order valence-electron chi connectivity index (χ1n) is 9.41. The molecule has 0 aromatic heterocycles. The molecule has 0 aliphatic carbocycles. The predicted molar refractivity (Wildman–Crippen MR) is 117 cm³/mol. The minimum absolute atomic E-state index is 0.181. The van der Waals surface area contributed by atoms with E-state index in [4.69, 9.17) is 27.9 Å². The summed E-state index contributed by atoms with van der Waals surface area (Å²) in [7, 11) is 0. The fourth-order valence-electron chi connectivity index (χ4n) is 2.60. The van der Waals surface area contributed by atoms with Gasteiger partial charge < -0.3 is 20.3 Å². The largest absolute Gasteiger partial charge is 0.492 e. The van der Waals surface area contributed by atoms with Crippen LogP contribution in [0.15, 0.2) is 42.5 Å². The summed E-state index contributed by atoms with van der Waals surface area (Å²) in [5.74, 6) is -0.0572. The molecule has 2 N–H and O–H groups in total. The van der Waals surface area contributed by atoms with Crippen LogP contribution in [0.5, 0.6) is 5.75 Å². The number of carbonyl (C=O) groups is 2. The highest BCUT2D eigenvalue weighted by atomic mass is 35.5. The summed E-state index contributed by atoms with van der Waals surface area (Å²) in [5, 5.41) is 5.92. The molecule has 2 amide bonds. The first-order chi connectivity index (χ1) is 13.9. The fourth-order valence-corrected chi connectivity index (χ4v) is 3.10. The van der Waals surface area contributed by atoms with E-state index >= 15 is 0 Å². The zero-order valence-electron chi connectivity index (χ0n) is 16.5. The number of halogens is 2. The molecule has 0 aliphatic heterocycles. The quantitative estimate of drug-likeness (QED) is 0.587. The van der Waals surface area contributed by atoms with Crippen LogP contribution in [0.3, 0.4) is 0 Å². The number of ether oxygens (including phenoxy) is 1. The first-order valence-corrected chi connectivity index (χ1v) is 10.2. The molecular weight excluding hydrogens is 413 g/mol. The SMILES string of the molecule is CCN(CC)CCOc1ccc(NC(=O)CNC(=O)c2ccc(Cl)cc2Cl)cc1. The molecule has 0 atom stereocenters. The Morgan fingerprint density at radius 2 is 1.72 bits per heavy atom. The van der Waals surface area contributed by atoms with Crippen LogP contribution < -0.4 is 15.4 Å². The van der Waals surface area contributed by atoms with E-state index in [0.717, 1.165) is 25.4 Å². The number of hydrogen-bond acceptors (Lipinski definition) is 4. The van der Waals surface area contributed by atoms with E-state index in [-0.39, 0.29) is 23.0 Å². The molecule has 0 saturated heterocycles. The summed E-state index contributed by atoms with van der Waals surface area (Å²) in [4.78, 5) is 26.5. The molecule has 29 heavy (non-hydrogen) atoms. The van der Waals surface area contributed by atoms with Crippen molar-refractivity contribution in [1.82, 2.24) is 10.2 Å². The van der Waals surface area contributed by atoms with Gasteiger partial charge in [-0.3, -0.25) is 9.59 Å². The van der Waals surface area contributed by atoms with Gasteiger partial charge in [0.15, 0.2) is 0 Å². The van der Waals surface area contributed by atoms with Gasteiger partial charge in [0.05, 0.1) is 17.1 Å². The van der Waals surface area contributed by atoms with Crippen molar-refractivity contribution in [1.29, 1.82) is 0 Å². The third-order valence-corrected chi connectivity index (χ3v) is 4.84. The van der Waals surface area contributed by atoms with E-state index < -0.39 is 5.91 Å². The summed E-state index contributed by atoms with van der Waals surface area (Å²) in [6.45, 7) is 7.51. The summed E-state index contributed by atoms with van der Waals surface area (Å²) in [6, 6.07) is 11.6. The molecule has 0 unspecified atom stereocenters. The average molecular weight is 438 g/mol. The summed E-state index contributed by atoms with van der Waals surface area (Å²) >= 11 is 11.8. The lowest BCUT2D eigenvalue weighted by molar-refractivity contribution is -0.115. The lowest BCUT2D eigenvalue weighted by Gasteiger charge is -2.18. The second kappa shape index (κ2) is 11.7. The molecule has 0 aliphatic rings. The number of carbonyl (C=O) groups excluding carboxylic acids is 2. The Morgan fingerprint density at radius 3 is 2.34 bits per heavy atom. The summed E-state index contributed by atoms with van der Waals surface area (Å²) in [6.07, 6.45) is 0. The van der Waals surface area contributed by atoms with Crippen LogP contribution in [0.25, 0.3) is 0 Å².